The molecule has 1 aliphatic rings. The van der Waals surface area contributed by atoms with E-state index in [1.165, 1.54) is 19.3 Å². The highest BCUT2D eigenvalue weighted by molar-refractivity contribution is 5.93. The van der Waals surface area contributed by atoms with E-state index < -0.39 is 0 Å². The Morgan fingerprint density at radius 2 is 2.24 bits per heavy atom. The highest BCUT2D eigenvalue weighted by Gasteiger charge is 2.23. The highest BCUT2D eigenvalue weighted by atomic mass is 16.1. The van der Waals surface area contributed by atoms with Crippen LogP contribution in [0.3, 0.4) is 0 Å². The van der Waals surface area contributed by atoms with Crippen LogP contribution in [0.25, 0.3) is 0 Å². The normalized spacial score (nSPS) is 24.3. The maximum absolute atomic E-state index is 12.0. The molecular formula is C13H19N3O. The smallest absolute Gasteiger partial charge is 0.270 e. The van der Waals surface area contributed by atoms with Crippen LogP contribution >= 0.6 is 0 Å². The summed E-state index contributed by atoms with van der Waals surface area (Å²) in [6.07, 6.45) is 6.28. The molecule has 0 aromatic carbocycles. The third kappa shape index (κ3) is 2.96. The molecule has 2 atom stereocenters. The summed E-state index contributed by atoms with van der Waals surface area (Å²) in [4.78, 5) is 16.0. The van der Waals surface area contributed by atoms with Crippen LogP contribution in [0.5, 0.6) is 0 Å². The van der Waals surface area contributed by atoms with Crippen molar-refractivity contribution in [2.24, 2.45) is 5.92 Å². The van der Waals surface area contributed by atoms with Crippen molar-refractivity contribution < 1.29 is 4.79 Å². The predicted molar refractivity (Wildman–Crippen MR) is 67.5 cm³/mol. The van der Waals surface area contributed by atoms with E-state index >= 15 is 0 Å². The number of hydrogen-bond acceptors (Lipinski definition) is 3. The molecule has 2 rings (SSSR count). The molecule has 1 fully saturated rings. The number of anilines is 1. The van der Waals surface area contributed by atoms with Gasteiger partial charge in [-0.3, -0.25) is 9.78 Å². The van der Waals surface area contributed by atoms with E-state index in [4.69, 9.17) is 5.73 Å². The largest absolute Gasteiger partial charge is 0.399 e. The number of amides is 1. The van der Waals surface area contributed by atoms with Gasteiger partial charge in [-0.2, -0.15) is 0 Å². The van der Waals surface area contributed by atoms with Crippen molar-refractivity contribution in [2.45, 2.75) is 38.6 Å². The van der Waals surface area contributed by atoms with Gasteiger partial charge in [0.25, 0.3) is 5.91 Å². The summed E-state index contributed by atoms with van der Waals surface area (Å²) in [5, 5.41) is 3.06. The fourth-order valence-corrected chi connectivity index (χ4v) is 2.34. The van der Waals surface area contributed by atoms with E-state index in [0.717, 1.165) is 6.42 Å². The average Bonchev–Trinajstić information content (AvgIpc) is 2.32. The SMILES string of the molecule is CC1CCCCC1NC(=O)c1cc(N)ccn1. The van der Waals surface area contributed by atoms with Gasteiger partial charge < -0.3 is 11.1 Å². The lowest BCUT2D eigenvalue weighted by Gasteiger charge is -2.29. The van der Waals surface area contributed by atoms with E-state index in [0.29, 0.717) is 17.3 Å². The van der Waals surface area contributed by atoms with Gasteiger partial charge in [0.05, 0.1) is 0 Å². The van der Waals surface area contributed by atoms with Crippen LogP contribution in [0.15, 0.2) is 18.3 Å². The molecule has 0 aliphatic heterocycles. The molecule has 0 spiro atoms. The molecule has 0 bridgehead atoms. The van der Waals surface area contributed by atoms with Crippen molar-refractivity contribution >= 4 is 11.6 Å². The van der Waals surface area contributed by atoms with Crippen LogP contribution in [0.2, 0.25) is 0 Å². The van der Waals surface area contributed by atoms with E-state index in [1.807, 2.05) is 0 Å². The molecule has 1 heterocycles. The quantitative estimate of drug-likeness (QED) is 0.820. The molecule has 2 unspecified atom stereocenters. The molecule has 1 aromatic heterocycles. The minimum Gasteiger partial charge on any atom is -0.399 e. The van der Waals surface area contributed by atoms with Crippen molar-refractivity contribution in [1.29, 1.82) is 0 Å². The van der Waals surface area contributed by atoms with Crippen LogP contribution in [0, 0.1) is 5.92 Å². The summed E-state index contributed by atoms with van der Waals surface area (Å²) in [7, 11) is 0. The summed E-state index contributed by atoms with van der Waals surface area (Å²) < 4.78 is 0. The molecule has 4 heteroatoms. The molecule has 1 saturated carbocycles. The standard InChI is InChI=1S/C13H19N3O/c1-9-4-2-3-5-11(9)16-13(17)12-8-10(14)6-7-15-12/h6-9,11H,2-5H2,1H3,(H2,14,15)(H,16,17). The van der Waals surface area contributed by atoms with Crippen molar-refractivity contribution in [3.05, 3.63) is 24.0 Å². The summed E-state index contributed by atoms with van der Waals surface area (Å²) >= 11 is 0. The van der Waals surface area contributed by atoms with E-state index in [-0.39, 0.29) is 11.9 Å². The van der Waals surface area contributed by atoms with Crippen LogP contribution in [-0.2, 0) is 0 Å². The molecule has 1 aliphatic carbocycles. The predicted octanol–water partition coefficient (Wildman–Crippen LogP) is 1.97. The number of hydrogen-bond donors (Lipinski definition) is 2. The Morgan fingerprint density at radius 3 is 2.94 bits per heavy atom. The van der Waals surface area contributed by atoms with Crippen molar-refractivity contribution in [2.75, 3.05) is 5.73 Å². The second-order valence-corrected chi connectivity index (χ2v) is 4.82. The number of carbonyl (C=O) groups excluding carboxylic acids is 1. The van der Waals surface area contributed by atoms with Crippen molar-refractivity contribution in [3.8, 4) is 0 Å². The molecule has 3 N–H and O–H groups in total. The maximum Gasteiger partial charge on any atom is 0.270 e. The van der Waals surface area contributed by atoms with Crippen molar-refractivity contribution in [1.82, 2.24) is 10.3 Å². The van der Waals surface area contributed by atoms with Gasteiger partial charge in [-0.15, -0.1) is 0 Å². The number of carbonyl (C=O) groups is 1. The minimum atomic E-state index is -0.115. The first-order valence-electron chi connectivity index (χ1n) is 6.19. The van der Waals surface area contributed by atoms with Gasteiger partial charge in [-0.1, -0.05) is 19.8 Å². The van der Waals surface area contributed by atoms with Gasteiger partial charge in [-0.05, 0) is 30.9 Å². The van der Waals surface area contributed by atoms with Gasteiger partial charge >= 0.3 is 0 Å². The second-order valence-electron chi connectivity index (χ2n) is 4.82. The molecule has 0 radical (unpaired) electrons. The first-order valence-corrected chi connectivity index (χ1v) is 6.19. The zero-order chi connectivity index (χ0) is 12.3. The Hall–Kier alpha value is -1.58. The van der Waals surface area contributed by atoms with Gasteiger partial charge in [-0.25, -0.2) is 0 Å². The summed E-state index contributed by atoms with van der Waals surface area (Å²) in [5.74, 6) is 0.435. The van der Waals surface area contributed by atoms with Crippen LogP contribution in [0.1, 0.15) is 43.1 Å². The van der Waals surface area contributed by atoms with Crippen LogP contribution < -0.4 is 11.1 Å². The van der Waals surface area contributed by atoms with Gasteiger partial charge in [0.1, 0.15) is 5.69 Å². The second kappa shape index (κ2) is 5.17. The van der Waals surface area contributed by atoms with E-state index in [1.54, 1.807) is 18.3 Å². The first-order chi connectivity index (χ1) is 8.16. The third-order valence-electron chi connectivity index (χ3n) is 3.44. The summed E-state index contributed by atoms with van der Waals surface area (Å²) in [5.41, 5.74) is 6.61. The first kappa shape index (κ1) is 11.9. The van der Waals surface area contributed by atoms with Gasteiger partial charge in [0, 0.05) is 17.9 Å². The number of nitrogens with one attached hydrogen (secondary N) is 1. The fraction of sp³-hybridized carbons (Fsp3) is 0.538. The molecule has 17 heavy (non-hydrogen) atoms. The zero-order valence-corrected chi connectivity index (χ0v) is 10.1. The topological polar surface area (TPSA) is 68.0 Å². The molecule has 1 amide bonds. The molecule has 1 aromatic rings. The lowest BCUT2D eigenvalue weighted by Crippen LogP contribution is -2.41. The molecular weight excluding hydrogens is 214 g/mol. The van der Waals surface area contributed by atoms with Crippen LogP contribution in [0.4, 0.5) is 5.69 Å². The maximum atomic E-state index is 12.0. The van der Waals surface area contributed by atoms with E-state index in [2.05, 4.69) is 17.2 Å². The van der Waals surface area contributed by atoms with Gasteiger partial charge in [0.2, 0.25) is 0 Å². The monoisotopic (exact) mass is 233 g/mol. The Bertz CT molecular complexity index is 405. The summed E-state index contributed by atoms with van der Waals surface area (Å²) in [6.45, 7) is 2.19. The molecule has 92 valence electrons. The Kier molecular flexibility index (Phi) is 3.61. The average molecular weight is 233 g/mol. The number of nitrogen functional groups attached to an aromatic ring is 1. The number of nitrogens with two attached hydrogens (primary N) is 1. The lowest BCUT2D eigenvalue weighted by molar-refractivity contribution is 0.0905. The minimum absolute atomic E-state index is 0.115. The zero-order valence-electron chi connectivity index (χ0n) is 10.1. The number of rotatable bonds is 2. The number of nitrogens with zero attached hydrogens (tertiary/aromatic N) is 1. The Balaban J connectivity index is 2.01. The summed E-state index contributed by atoms with van der Waals surface area (Å²) in [6, 6.07) is 3.57. The third-order valence-corrected chi connectivity index (χ3v) is 3.44. The number of pyridine rings is 1. The molecule has 0 saturated heterocycles. The Morgan fingerprint density at radius 1 is 1.47 bits per heavy atom. The lowest BCUT2D eigenvalue weighted by atomic mass is 9.86. The molecule has 4 nitrogen and oxygen atoms in total. The van der Waals surface area contributed by atoms with Gasteiger partial charge in [0.15, 0.2) is 0 Å². The fourth-order valence-electron chi connectivity index (χ4n) is 2.34. The van der Waals surface area contributed by atoms with Crippen molar-refractivity contribution in [3.63, 3.8) is 0 Å². The highest BCUT2D eigenvalue weighted by Crippen LogP contribution is 2.23. The Labute approximate surface area is 102 Å². The van der Waals surface area contributed by atoms with Crippen LogP contribution in [-0.4, -0.2) is 16.9 Å². The number of aromatic nitrogens is 1. The van der Waals surface area contributed by atoms with E-state index in [9.17, 15) is 4.79 Å².